The van der Waals surface area contributed by atoms with Crippen LogP contribution in [0.1, 0.15) is 72.6 Å². The molecule has 3 fully saturated rings. The van der Waals surface area contributed by atoms with Crippen molar-refractivity contribution in [1.29, 1.82) is 0 Å². The van der Waals surface area contributed by atoms with Crippen LogP contribution in [0.4, 0.5) is 0 Å². The molecule has 1 saturated carbocycles. The largest absolute Gasteiger partial charge is 0.386 e. The van der Waals surface area contributed by atoms with Crippen molar-refractivity contribution in [3.8, 4) is 0 Å². The predicted molar refractivity (Wildman–Crippen MR) is 152 cm³/mol. The number of allylic oxidation sites excluding steroid dienone is 2. The lowest BCUT2D eigenvalue weighted by atomic mass is 9.88. The molecule has 2 saturated heterocycles. The fourth-order valence-corrected chi connectivity index (χ4v) is 5.17. The zero-order valence-corrected chi connectivity index (χ0v) is 24.2. The summed E-state index contributed by atoms with van der Waals surface area (Å²) in [5.41, 5.74) is 1.74. The Morgan fingerprint density at radius 1 is 1.21 bits per heavy atom. The molecule has 2 heterocycles. The molecule has 8 nitrogen and oxygen atoms in total. The zero-order valence-electron chi connectivity index (χ0n) is 24.2. The van der Waals surface area contributed by atoms with Gasteiger partial charge in [-0.25, -0.2) is 0 Å². The normalized spacial score (nSPS) is 33.2. The van der Waals surface area contributed by atoms with Crippen LogP contribution in [0.3, 0.4) is 0 Å². The molecule has 5 unspecified atom stereocenters. The van der Waals surface area contributed by atoms with Crippen molar-refractivity contribution >= 4 is 11.8 Å². The van der Waals surface area contributed by atoms with Crippen molar-refractivity contribution in [2.75, 3.05) is 7.11 Å². The molecule has 2 aliphatic heterocycles. The van der Waals surface area contributed by atoms with Gasteiger partial charge in [0.05, 0.1) is 36.9 Å². The van der Waals surface area contributed by atoms with Crippen LogP contribution >= 0.6 is 0 Å². The minimum Gasteiger partial charge on any atom is -0.386 e. The number of nitrogens with one attached hydrogen (secondary N) is 2. The van der Waals surface area contributed by atoms with Gasteiger partial charge in [-0.3, -0.25) is 9.59 Å². The second-order valence-corrected chi connectivity index (χ2v) is 11.5. The van der Waals surface area contributed by atoms with Gasteiger partial charge in [0.15, 0.2) is 0 Å². The van der Waals surface area contributed by atoms with E-state index in [0.29, 0.717) is 18.0 Å². The number of rotatable bonds is 11. The molecule has 3 aliphatic rings. The summed E-state index contributed by atoms with van der Waals surface area (Å²) < 4.78 is 17.5. The van der Waals surface area contributed by atoms with Crippen molar-refractivity contribution in [3.63, 3.8) is 0 Å². The molecule has 0 radical (unpaired) electrons. The Morgan fingerprint density at radius 2 is 1.95 bits per heavy atom. The first-order chi connectivity index (χ1) is 18.5. The van der Waals surface area contributed by atoms with E-state index >= 15 is 0 Å². The van der Waals surface area contributed by atoms with Crippen LogP contribution in [0, 0.1) is 5.92 Å². The number of ether oxygens (including phenoxy) is 3. The lowest BCUT2D eigenvalue weighted by molar-refractivity contribution is -0.129. The van der Waals surface area contributed by atoms with E-state index in [1.165, 1.54) is 12.5 Å². The molecule has 8 atom stereocenters. The maximum Gasteiger partial charge on any atom is 0.244 e. The standard InChI is InChI=1S/C31H48N2O6/c1-19(10-13-27-20(2)17-26(23(5)38-27)33-29(34)15-12-22(4)37-6)11-14-28-31(36)21(3)16-25(39-28)18-30(35)32-24-8-7-9-24/h10-12,14-15,20,22-28,31,36H,3,7-9,13,16-18H2,1-2,4-6H3,(H,32,35)(H,33,34)/b14-11+,15-12-,19-10+/t20?,22?,23?,25-,26?,27-,28?,31-/m0/s1. The molecule has 0 aromatic heterocycles. The van der Waals surface area contributed by atoms with E-state index in [1.54, 1.807) is 13.2 Å². The highest BCUT2D eigenvalue weighted by Gasteiger charge is 2.34. The number of aliphatic hydroxyl groups excluding tert-OH is 1. The zero-order chi connectivity index (χ0) is 28.5. The molecule has 39 heavy (non-hydrogen) atoms. The van der Waals surface area contributed by atoms with Gasteiger partial charge in [0.2, 0.25) is 11.8 Å². The van der Waals surface area contributed by atoms with Gasteiger partial charge >= 0.3 is 0 Å². The lowest BCUT2D eigenvalue weighted by Crippen LogP contribution is -2.50. The van der Waals surface area contributed by atoms with Crippen molar-refractivity contribution in [2.24, 2.45) is 5.92 Å². The third kappa shape index (κ3) is 9.71. The Morgan fingerprint density at radius 3 is 2.62 bits per heavy atom. The van der Waals surface area contributed by atoms with Gasteiger partial charge < -0.3 is 30.0 Å². The Kier molecular flexibility index (Phi) is 12.0. The summed E-state index contributed by atoms with van der Waals surface area (Å²) in [5.74, 6) is 0.143. The number of amides is 2. The summed E-state index contributed by atoms with van der Waals surface area (Å²) in [4.78, 5) is 24.6. The van der Waals surface area contributed by atoms with Gasteiger partial charge in [-0.1, -0.05) is 43.4 Å². The molecule has 218 valence electrons. The Bertz CT molecular complexity index is 939. The average Bonchev–Trinajstić information content (AvgIpc) is 2.87. The summed E-state index contributed by atoms with van der Waals surface area (Å²) in [5, 5.41) is 16.7. The van der Waals surface area contributed by atoms with Gasteiger partial charge in [0.1, 0.15) is 12.2 Å². The molecule has 2 amide bonds. The number of carbonyl (C=O) groups is 2. The third-order valence-corrected chi connectivity index (χ3v) is 8.11. The van der Waals surface area contributed by atoms with Crippen molar-refractivity contribution in [2.45, 2.75) is 121 Å². The van der Waals surface area contributed by atoms with Crippen LogP contribution in [0.2, 0.25) is 0 Å². The van der Waals surface area contributed by atoms with Crippen molar-refractivity contribution < 1.29 is 28.9 Å². The van der Waals surface area contributed by atoms with E-state index in [0.717, 1.165) is 31.3 Å². The minimum absolute atomic E-state index is 0.00230. The number of carbonyl (C=O) groups excluding carboxylic acids is 2. The van der Waals surface area contributed by atoms with Crippen LogP contribution in [0.25, 0.3) is 0 Å². The molecule has 0 aromatic rings. The van der Waals surface area contributed by atoms with Crippen LogP contribution in [0.5, 0.6) is 0 Å². The summed E-state index contributed by atoms with van der Waals surface area (Å²) in [6.07, 6.45) is 13.0. The molecule has 3 rings (SSSR count). The smallest absolute Gasteiger partial charge is 0.244 e. The predicted octanol–water partition coefficient (Wildman–Crippen LogP) is 3.90. The van der Waals surface area contributed by atoms with Crippen LogP contribution < -0.4 is 10.6 Å². The summed E-state index contributed by atoms with van der Waals surface area (Å²) >= 11 is 0. The third-order valence-electron chi connectivity index (χ3n) is 8.11. The maximum atomic E-state index is 12.3. The van der Waals surface area contributed by atoms with E-state index in [2.05, 4.69) is 30.2 Å². The Labute approximate surface area is 233 Å². The van der Waals surface area contributed by atoms with Crippen LogP contribution in [-0.4, -0.2) is 72.7 Å². The van der Waals surface area contributed by atoms with Crippen molar-refractivity contribution in [1.82, 2.24) is 10.6 Å². The molecule has 0 bridgehead atoms. The number of hydrogen-bond donors (Lipinski definition) is 3. The number of methoxy groups -OCH3 is 1. The Hall–Kier alpha value is -2.26. The lowest BCUT2D eigenvalue weighted by Gasteiger charge is -2.39. The number of hydrogen-bond acceptors (Lipinski definition) is 6. The summed E-state index contributed by atoms with van der Waals surface area (Å²) in [6.45, 7) is 12.1. The first kappa shape index (κ1) is 31.3. The van der Waals surface area contributed by atoms with Gasteiger partial charge in [-0.15, -0.1) is 0 Å². The average molecular weight is 545 g/mol. The topological polar surface area (TPSA) is 106 Å². The monoisotopic (exact) mass is 544 g/mol. The van der Waals surface area contributed by atoms with E-state index < -0.39 is 12.2 Å². The van der Waals surface area contributed by atoms with Crippen molar-refractivity contribution in [3.05, 3.63) is 48.1 Å². The SMILES string of the molecule is C=C1C[C@@H](CC(=O)NC2CCC2)OC(/C=C/C(C)=C/C[C@@H]2OC(C)C(NC(=O)/C=C\C(C)OC)CC2C)[C@H]1O. The molecular weight excluding hydrogens is 496 g/mol. The molecule has 3 N–H and O–H groups in total. The van der Waals surface area contributed by atoms with E-state index in [9.17, 15) is 14.7 Å². The highest BCUT2D eigenvalue weighted by Crippen LogP contribution is 2.29. The van der Waals surface area contributed by atoms with E-state index in [1.807, 2.05) is 32.9 Å². The number of aliphatic hydroxyl groups is 1. The minimum atomic E-state index is -0.790. The molecule has 8 heteroatoms. The first-order valence-corrected chi connectivity index (χ1v) is 14.4. The quantitative estimate of drug-likeness (QED) is 0.207. The second-order valence-electron chi connectivity index (χ2n) is 11.5. The highest BCUT2D eigenvalue weighted by molar-refractivity contribution is 5.87. The van der Waals surface area contributed by atoms with Crippen LogP contribution in [0.15, 0.2) is 48.1 Å². The van der Waals surface area contributed by atoms with Gasteiger partial charge in [0, 0.05) is 19.2 Å². The van der Waals surface area contributed by atoms with E-state index in [-0.39, 0.29) is 54.6 Å². The Balaban J connectivity index is 1.48. The fraction of sp³-hybridized carbons (Fsp3) is 0.677. The molecule has 0 aromatic carbocycles. The first-order valence-electron chi connectivity index (χ1n) is 14.4. The van der Waals surface area contributed by atoms with Crippen LogP contribution in [-0.2, 0) is 23.8 Å². The van der Waals surface area contributed by atoms with Gasteiger partial charge in [0.25, 0.3) is 0 Å². The van der Waals surface area contributed by atoms with Gasteiger partial charge in [-0.05, 0) is 70.8 Å². The molecular formula is C31H48N2O6. The molecule has 0 spiro atoms. The highest BCUT2D eigenvalue weighted by atomic mass is 16.5. The van der Waals surface area contributed by atoms with Gasteiger partial charge in [-0.2, -0.15) is 0 Å². The summed E-state index contributed by atoms with van der Waals surface area (Å²) in [7, 11) is 1.61. The maximum absolute atomic E-state index is 12.3. The van der Waals surface area contributed by atoms with E-state index in [4.69, 9.17) is 14.2 Å². The second kappa shape index (κ2) is 14.9. The summed E-state index contributed by atoms with van der Waals surface area (Å²) in [6, 6.07) is 0.257. The fourth-order valence-electron chi connectivity index (χ4n) is 5.17. The molecule has 1 aliphatic carbocycles.